The van der Waals surface area contributed by atoms with Gasteiger partial charge >= 0.3 is 0 Å². The van der Waals surface area contributed by atoms with E-state index in [1.165, 1.54) is 18.2 Å². The number of nitrogens with two attached hydrogens (primary N) is 1. The van der Waals surface area contributed by atoms with Gasteiger partial charge in [0.25, 0.3) is 0 Å². The zero-order chi connectivity index (χ0) is 10.8. The van der Waals surface area contributed by atoms with Crippen molar-refractivity contribution in [3.63, 3.8) is 0 Å². The predicted octanol–water partition coefficient (Wildman–Crippen LogP) is 2.82. The molecule has 2 N–H and O–H groups in total. The van der Waals surface area contributed by atoms with Crippen molar-refractivity contribution >= 4 is 0 Å². The summed E-state index contributed by atoms with van der Waals surface area (Å²) in [5.41, 5.74) is 5.14. The summed E-state index contributed by atoms with van der Waals surface area (Å²) in [7, 11) is 0. The highest BCUT2D eigenvalue weighted by Crippen LogP contribution is 2.35. The summed E-state index contributed by atoms with van der Waals surface area (Å²) >= 11 is 0. The lowest BCUT2D eigenvalue weighted by Gasteiger charge is -2.27. The molecular weight excluding hydrogens is 184 g/mol. The maximum Gasteiger partial charge on any atom is 0.131 e. The van der Waals surface area contributed by atoms with Crippen LogP contribution < -0.4 is 5.73 Å². The predicted molar refractivity (Wildman–Crippen MR) is 53.1 cm³/mol. The quantitative estimate of drug-likeness (QED) is 0.795. The molecule has 0 spiro atoms. The standard InChI is InChI=1S/C11H15F2N/c1-11(2,7-14)10(13)8-4-3-5-9(12)6-8/h3-6,10H,7,14H2,1-2H3. The third kappa shape index (κ3) is 2.29. The van der Waals surface area contributed by atoms with Gasteiger partial charge in [0.1, 0.15) is 12.0 Å². The normalized spacial score (nSPS) is 14.1. The molecule has 0 heterocycles. The Morgan fingerprint density at radius 3 is 2.57 bits per heavy atom. The van der Waals surface area contributed by atoms with Gasteiger partial charge in [-0.1, -0.05) is 26.0 Å². The van der Waals surface area contributed by atoms with Crippen LogP contribution in [0.5, 0.6) is 0 Å². The first kappa shape index (κ1) is 11.1. The van der Waals surface area contributed by atoms with Gasteiger partial charge in [0.15, 0.2) is 0 Å². The van der Waals surface area contributed by atoms with Crippen molar-refractivity contribution in [1.29, 1.82) is 0 Å². The first-order valence-corrected chi connectivity index (χ1v) is 4.57. The lowest BCUT2D eigenvalue weighted by Crippen LogP contribution is -2.28. The van der Waals surface area contributed by atoms with Gasteiger partial charge in [0.05, 0.1) is 0 Å². The van der Waals surface area contributed by atoms with E-state index in [9.17, 15) is 8.78 Å². The van der Waals surface area contributed by atoms with Gasteiger partial charge in [-0.15, -0.1) is 0 Å². The lowest BCUT2D eigenvalue weighted by molar-refractivity contribution is 0.152. The molecule has 0 fully saturated rings. The third-order valence-corrected chi connectivity index (χ3v) is 2.35. The molecule has 0 aliphatic heterocycles. The van der Waals surface area contributed by atoms with Crippen LogP contribution in [0.1, 0.15) is 25.6 Å². The van der Waals surface area contributed by atoms with Crippen molar-refractivity contribution in [1.82, 2.24) is 0 Å². The molecule has 0 bridgehead atoms. The second-order valence-electron chi connectivity index (χ2n) is 4.11. The highest BCUT2D eigenvalue weighted by Gasteiger charge is 2.29. The van der Waals surface area contributed by atoms with Crippen molar-refractivity contribution in [2.75, 3.05) is 6.54 Å². The minimum Gasteiger partial charge on any atom is -0.330 e. The second kappa shape index (κ2) is 4.05. The van der Waals surface area contributed by atoms with Gasteiger partial charge in [-0.2, -0.15) is 0 Å². The maximum atomic E-state index is 13.8. The van der Waals surface area contributed by atoms with Gasteiger partial charge in [-0.25, -0.2) is 8.78 Å². The van der Waals surface area contributed by atoms with Crippen molar-refractivity contribution in [3.05, 3.63) is 35.6 Å². The smallest absolute Gasteiger partial charge is 0.131 e. The Morgan fingerprint density at radius 1 is 1.43 bits per heavy atom. The Labute approximate surface area is 82.9 Å². The largest absolute Gasteiger partial charge is 0.330 e. The second-order valence-corrected chi connectivity index (χ2v) is 4.11. The molecule has 0 saturated carbocycles. The van der Waals surface area contributed by atoms with Crippen LogP contribution in [-0.2, 0) is 0 Å². The molecule has 14 heavy (non-hydrogen) atoms. The van der Waals surface area contributed by atoms with Crippen LogP contribution in [0.4, 0.5) is 8.78 Å². The Balaban J connectivity index is 2.94. The summed E-state index contributed by atoms with van der Waals surface area (Å²) in [6.45, 7) is 3.68. The summed E-state index contributed by atoms with van der Waals surface area (Å²) < 4.78 is 26.7. The van der Waals surface area contributed by atoms with Crippen LogP contribution in [-0.4, -0.2) is 6.54 Å². The van der Waals surface area contributed by atoms with E-state index in [-0.39, 0.29) is 6.54 Å². The van der Waals surface area contributed by atoms with Crippen LogP contribution in [0, 0.1) is 11.2 Å². The molecule has 1 rings (SSSR count). The van der Waals surface area contributed by atoms with Crippen molar-refractivity contribution in [2.45, 2.75) is 20.0 Å². The first-order valence-electron chi connectivity index (χ1n) is 4.57. The van der Waals surface area contributed by atoms with E-state index in [1.807, 2.05) is 0 Å². The topological polar surface area (TPSA) is 26.0 Å². The molecular formula is C11H15F2N. The number of hydrogen-bond acceptors (Lipinski definition) is 1. The summed E-state index contributed by atoms with van der Waals surface area (Å²) in [4.78, 5) is 0. The van der Waals surface area contributed by atoms with Crippen molar-refractivity contribution in [3.8, 4) is 0 Å². The molecule has 1 aromatic carbocycles. The van der Waals surface area contributed by atoms with E-state index in [4.69, 9.17) is 5.73 Å². The van der Waals surface area contributed by atoms with Crippen LogP contribution in [0.3, 0.4) is 0 Å². The monoisotopic (exact) mass is 199 g/mol. The van der Waals surface area contributed by atoms with Crippen molar-refractivity contribution < 1.29 is 8.78 Å². The summed E-state index contributed by atoms with van der Waals surface area (Å²) in [6, 6.07) is 5.59. The number of hydrogen-bond donors (Lipinski definition) is 1. The first-order chi connectivity index (χ1) is 6.47. The van der Waals surface area contributed by atoms with Crippen LogP contribution in [0.25, 0.3) is 0 Å². The molecule has 0 aliphatic carbocycles. The molecule has 1 atom stereocenters. The molecule has 3 heteroatoms. The van der Waals surface area contributed by atoms with E-state index in [1.54, 1.807) is 19.9 Å². The molecule has 1 unspecified atom stereocenters. The molecule has 1 nitrogen and oxygen atoms in total. The highest BCUT2D eigenvalue weighted by atomic mass is 19.1. The molecule has 78 valence electrons. The SMILES string of the molecule is CC(C)(CN)C(F)c1cccc(F)c1. The average molecular weight is 199 g/mol. The lowest BCUT2D eigenvalue weighted by atomic mass is 9.84. The zero-order valence-electron chi connectivity index (χ0n) is 8.43. The van der Waals surface area contributed by atoms with Crippen LogP contribution in [0.15, 0.2) is 24.3 Å². The minimum absolute atomic E-state index is 0.227. The Morgan fingerprint density at radius 2 is 2.07 bits per heavy atom. The van der Waals surface area contributed by atoms with Crippen molar-refractivity contribution in [2.24, 2.45) is 11.1 Å². The zero-order valence-corrected chi connectivity index (χ0v) is 8.43. The molecule has 0 aliphatic rings. The average Bonchev–Trinajstić information content (AvgIpc) is 2.16. The van der Waals surface area contributed by atoms with Gasteiger partial charge in [0, 0.05) is 12.0 Å². The number of rotatable bonds is 3. The Hall–Kier alpha value is -0.960. The van der Waals surface area contributed by atoms with E-state index in [2.05, 4.69) is 0 Å². The maximum absolute atomic E-state index is 13.8. The van der Waals surface area contributed by atoms with E-state index >= 15 is 0 Å². The summed E-state index contributed by atoms with van der Waals surface area (Å²) in [5, 5.41) is 0. The van der Waals surface area contributed by atoms with Gasteiger partial charge in [-0.05, 0) is 17.7 Å². The van der Waals surface area contributed by atoms with Crippen LogP contribution >= 0.6 is 0 Å². The Bertz CT molecular complexity index is 310. The highest BCUT2D eigenvalue weighted by molar-refractivity contribution is 5.20. The third-order valence-electron chi connectivity index (χ3n) is 2.35. The summed E-state index contributed by atoms with van der Waals surface area (Å²) in [6.07, 6.45) is -1.23. The fraction of sp³-hybridized carbons (Fsp3) is 0.455. The van der Waals surface area contributed by atoms with Gasteiger partial charge in [0.2, 0.25) is 0 Å². The van der Waals surface area contributed by atoms with Crippen LogP contribution in [0.2, 0.25) is 0 Å². The summed E-state index contributed by atoms with van der Waals surface area (Å²) in [5.74, 6) is -0.419. The molecule has 0 radical (unpaired) electrons. The number of halogens is 2. The van der Waals surface area contributed by atoms with E-state index in [0.717, 1.165) is 0 Å². The number of alkyl halides is 1. The fourth-order valence-corrected chi connectivity index (χ4v) is 1.22. The number of benzene rings is 1. The minimum atomic E-state index is -1.23. The Kier molecular flexibility index (Phi) is 3.21. The van der Waals surface area contributed by atoms with Gasteiger partial charge < -0.3 is 5.73 Å². The van der Waals surface area contributed by atoms with Gasteiger partial charge in [-0.3, -0.25) is 0 Å². The fourth-order valence-electron chi connectivity index (χ4n) is 1.22. The van der Waals surface area contributed by atoms with E-state index < -0.39 is 17.4 Å². The molecule has 1 aromatic rings. The molecule has 0 saturated heterocycles. The molecule has 0 aromatic heterocycles. The molecule has 0 amide bonds. The van der Waals surface area contributed by atoms with E-state index in [0.29, 0.717) is 5.56 Å².